The normalized spacial score (nSPS) is 14.5. The Bertz CT molecular complexity index is 363. The van der Waals surface area contributed by atoms with Crippen LogP contribution in [0, 0.1) is 12.8 Å². The van der Waals surface area contributed by atoms with Crippen LogP contribution in [-0.2, 0) is 22.3 Å². The predicted octanol–water partition coefficient (Wildman–Crippen LogP) is 1.23. The van der Waals surface area contributed by atoms with Crippen molar-refractivity contribution >= 4 is 17.4 Å². The smallest absolute Gasteiger partial charge is 0.124 e. The highest BCUT2D eigenvalue weighted by atomic mass is 32.2. The standard InChI is InChI=1S/C11H14O3S/c1-9-3-2-4-10(5-9)6-11(7-12)8-15(13)14/h2-5,7,11H,6,8H2,1H3,(H,13,14)/p-1. The van der Waals surface area contributed by atoms with E-state index in [0.29, 0.717) is 12.7 Å². The van der Waals surface area contributed by atoms with Crippen molar-refractivity contribution in [2.45, 2.75) is 13.3 Å². The van der Waals surface area contributed by atoms with Crippen molar-refractivity contribution in [1.29, 1.82) is 0 Å². The summed E-state index contributed by atoms with van der Waals surface area (Å²) in [6.45, 7) is 1.96. The summed E-state index contributed by atoms with van der Waals surface area (Å²) in [7, 11) is 0. The molecule has 0 aliphatic heterocycles. The maximum Gasteiger partial charge on any atom is 0.124 e. The molecule has 0 saturated heterocycles. The van der Waals surface area contributed by atoms with Gasteiger partial charge in [-0.1, -0.05) is 40.9 Å². The maximum atomic E-state index is 10.7. The van der Waals surface area contributed by atoms with Gasteiger partial charge in [0.2, 0.25) is 0 Å². The van der Waals surface area contributed by atoms with Gasteiger partial charge in [-0.05, 0) is 18.9 Å². The Kier molecular flexibility index (Phi) is 4.65. The molecular weight excluding hydrogens is 212 g/mol. The molecule has 0 N–H and O–H groups in total. The molecular formula is C11H13O3S-. The molecule has 0 aliphatic rings. The van der Waals surface area contributed by atoms with Crippen LogP contribution in [0.5, 0.6) is 0 Å². The molecule has 1 rings (SSSR count). The van der Waals surface area contributed by atoms with Gasteiger partial charge in [-0.15, -0.1) is 0 Å². The zero-order chi connectivity index (χ0) is 11.3. The van der Waals surface area contributed by atoms with Crippen LogP contribution in [0.3, 0.4) is 0 Å². The third-order valence-corrected chi connectivity index (χ3v) is 2.82. The second-order valence-corrected chi connectivity index (χ2v) is 4.50. The predicted molar refractivity (Wildman–Crippen MR) is 58.2 cm³/mol. The number of benzene rings is 1. The third-order valence-electron chi connectivity index (χ3n) is 2.12. The highest BCUT2D eigenvalue weighted by Gasteiger charge is 2.08. The lowest BCUT2D eigenvalue weighted by atomic mass is 10.0. The van der Waals surface area contributed by atoms with Gasteiger partial charge in [0.25, 0.3) is 0 Å². The van der Waals surface area contributed by atoms with Crippen molar-refractivity contribution in [3.05, 3.63) is 35.4 Å². The lowest BCUT2D eigenvalue weighted by molar-refractivity contribution is -0.110. The van der Waals surface area contributed by atoms with Crippen LogP contribution in [0.25, 0.3) is 0 Å². The molecule has 0 aromatic heterocycles. The first-order valence-electron chi connectivity index (χ1n) is 4.68. The fraction of sp³-hybridized carbons (Fsp3) is 0.364. The van der Waals surface area contributed by atoms with Crippen molar-refractivity contribution in [3.8, 4) is 0 Å². The molecule has 0 fully saturated rings. The Balaban J connectivity index is 2.66. The monoisotopic (exact) mass is 225 g/mol. The maximum absolute atomic E-state index is 10.7. The zero-order valence-electron chi connectivity index (χ0n) is 8.51. The summed E-state index contributed by atoms with van der Waals surface area (Å²) < 4.78 is 20.9. The first kappa shape index (κ1) is 12.1. The molecule has 0 bridgehead atoms. The summed E-state index contributed by atoms with van der Waals surface area (Å²) in [6, 6.07) is 7.73. The topological polar surface area (TPSA) is 57.2 Å². The molecule has 0 heterocycles. The van der Waals surface area contributed by atoms with Crippen LogP contribution < -0.4 is 0 Å². The summed E-state index contributed by atoms with van der Waals surface area (Å²) in [5.74, 6) is -0.539. The fourth-order valence-corrected chi connectivity index (χ4v) is 2.01. The van der Waals surface area contributed by atoms with E-state index in [1.54, 1.807) is 0 Å². The average molecular weight is 225 g/mol. The molecule has 0 aliphatic carbocycles. The van der Waals surface area contributed by atoms with E-state index in [-0.39, 0.29) is 5.75 Å². The van der Waals surface area contributed by atoms with Gasteiger partial charge in [0.1, 0.15) is 6.29 Å². The first-order chi connectivity index (χ1) is 7.11. The summed E-state index contributed by atoms with van der Waals surface area (Å²) in [5.41, 5.74) is 2.11. The van der Waals surface area contributed by atoms with Gasteiger partial charge in [0, 0.05) is 11.7 Å². The van der Waals surface area contributed by atoms with E-state index in [0.717, 1.165) is 11.1 Å². The van der Waals surface area contributed by atoms with E-state index in [4.69, 9.17) is 0 Å². The van der Waals surface area contributed by atoms with E-state index in [1.807, 2.05) is 31.2 Å². The highest BCUT2D eigenvalue weighted by Crippen LogP contribution is 2.10. The van der Waals surface area contributed by atoms with E-state index in [9.17, 15) is 13.6 Å². The SMILES string of the molecule is Cc1cccc(CC(C=O)CS(=O)[O-])c1. The third kappa shape index (κ3) is 4.36. The number of rotatable bonds is 5. The second-order valence-electron chi connectivity index (χ2n) is 3.56. The van der Waals surface area contributed by atoms with Gasteiger partial charge in [-0.25, -0.2) is 0 Å². The van der Waals surface area contributed by atoms with Gasteiger partial charge in [-0.2, -0.15) is 0 Å². The van der Waals surface area contributed by atoms with Crippen molar-refractivity contribution in [2.24, 2.45) is 5.92 Å². The van der Waals surface area contributed by atoms with E-state index >= 15 is 0 Å². The summed E-state index contributed by atoms with van der Waals surface area (Å²) in [4.78, 5) is 10.7. The van der Waals surface area contributed by atoms with Crippen LogP contribution >= 0.6 is 0 Å². The number of aldehydes is 1. The van der Waals surface area contributed by atoms with Gasteiger partial charge in [0.15, 0.2) is 0 Å². The average Bonchev–Trinajstić information content (AvgIpc) is 2.16. The Morgan fingerprint density at radius 3 is 2.80 bits per heavy atom. The number of carbonyl (C=O) groups excluding carboxylic acids is 1. The number of hydrogen-bond acceptors (Lipinski definition) is 3. The van der Waals surface area contributed by atoms with Crippen LogP contribution in [0.2, 0.25) is 0 Å². The van der Waals surface area contributed by atoms with Crippen molar-refractivity contribution in [1.82, 2.24) is 0 Å². The summed E-state index contributed by atoms with van der Waals surface area (Å²) in [5, 5.41) is 0. The van der Waals surface area contributed by atoms with Gasteiger partial charge in [0.05, 0.1) is 0 Å². The van der Waals surface area contributed by atoms with Gasteiger partial charge < -0.3 is 9.35 Å². The molecule has 3 nitrogen and oxygen atoms in total. The molecule has 2 atom stereocenters. The Morgan fingerprint density at radius 2 is 2.27 bits per heavy atom. The number of carbonyl (C=O) groups is 1. The fourth-order valence-electron chi connectivity index (χ4n) is 1.46. The zero-order valence-corrected chi connectivity index (χ0v) is 9.33. The summed E-state index contributed by atoms with van der Waals surface area (Å²) >= 11 is -2.16. The van der Waals surface area contributed by atoms with Gasteiger partial charge in [-0.3, -0.25) is 4.21 Å². The van der Waals surface area contributed by atoms with Crippen LogP contribution in [0.1, 0.15) is 11.1 Å². The highest BCUT2D eigenvalue weighted by molar-refractivity contribution is 7.79. The van der Waals surface area contributed by atoms with Crippen LogP contribution in [0.4, 0.5) is 0 Å². The Morgan fingerprint density at radius 1 is 1.53 bits per heavy atom. The lowest BCUT2D eigenvalue weighted by Gasteiger charge is -2.12. The molecule has 2 unspecified atom stereocenters. The Labute approximate surface area is 91.8 Å². The molecule has 1 aromatic carbocycles. The number of hydrogen-bond donors (Lipinski definition) is 0. The first-order valence-corrected chi connectivity index (χ1v) is 5.93. The van der Waals surface area contributed by atoms with Crippen LogP contribution in [-0.4, -0.2) is 20.8 Å². The quantitative estimate of drug-likeness (QED) is 0.559. The van der Waals surface area contributed by atoms with E-state index < -0.39 is 17.0 Å². The minimum atomic E-state index is -2.16. The van der Waals surface area contributed by atoms with Crippen molar-refractivity contribution in [2.75, 3.05) is 5.75 Å². The van der Waals surface area contributed by atoms with Crippen molar-refractivity contribution in [3.63, 3.8) is 0 Å². The molecule has 0 saturated carbocycles. The molecule has 82 valence electrons. The minimum Gasteiger partial charge on any atom is -0.772 e. The molecule has 15 heavy (non-hydrogen) atoms. The lowest BCUT2D eigenvalue weighted by Crippen LogP contribution is -2.15. The molecule has 0 radical (unpaired) electrons. The molecule has 0 spiro atoms. The van der Waals surface area contributed by atoms with Crippen molar-refractivity contribution < 1.29 is 13.6 Å². The van der Waals surface area contributed by atoms with Gasteiger partial charge >= 0.3 is 0 Å². The summed E-state index contributed by atoms with van der Waals surface area (Å²) in [6.07, 6.45) is 1.19. The number of aryl methyl sites for hydroxylation is 1. The minimum absolute atomic E-state index is 0.0998. The largest absolute Gasteiger partial charge is 0.772 e. The molecule has 4 heteroatoms. The molecule has 0 amide bonds. The molecule has 1 aromatic rings. The second kappa shape index (κ2) is 5.78. The van der Waals surface area contributed by atoms with E-state index in [1.165, 1.54) is 0 Å². The Hall–Kier alpha value is -1.00. The van der Waals surface area contributed by atoms with Crippen LogP contribution in [0.15, 0.2) is 24.3 Å². The van der Waals surface area contributed by atoms with E-state index in [2.05, 4.69) is 0 Å².